The van der Waals surface area contributed by atoms with Crippen LogP contribution in [0.2, 0.25) is 0 Å². The summed E-state index contributed by atoms with van der Waals surface area (Å²) >= 11 is 3.30. The molecule has 0 aliphatic rings. The lowest BCUT2D eigenvalue weighted by atomic mass is 10.2. The van der Waals surface area contributed by atoms with Crippen LogP contribution in [0.25, 0.3) is 11.4 Å². The Morgan fingerprint density at radius 2 is 2.17 bits per heavy atom. The van der Waals surface area contributed by atoms with Crippen LogP contribution in [0.4, 0.5) is 5.82 Å². The fourth-order valence-electron chi connectivity index (χ4n) is 1.34. The second-order valence-corrected chi connectivity index (χ2v) is 4.29. The molecule has 0 fully saturated rings. The summed E-state index contributed by atoms with van der Waals surface area (Å²) < 4.78 is 5.37. The van der Waals surface area contributed by atoms with Gasteiger partial charge in [-0.1, -0.05) is 0 Å². The van der Waals surface area contributed by atoms with Crippen LogP contribution in [0, 0.1) is 0 Å². The Kier molecular flexibility index (Phi) is 3.52. The maximum atomic E-state index is 11.3. The molecule has 2 N–H and O–H groups in total. The van der Waals surface area contributed by atoms with Gasteiger partial charge in [0.1, 0.15) is 11.4 Å². The number of nitrogens with zero attached hydrogens (tertiary/aromatic N) is 3. The smallest absolute Gasteiger partial charge is 0.343 e. The minimum atomic E-state index is -0.564. The molecule has 6 nitrogen and oxygen atoms in total. The monoisotopic (exact) mass is 308 g/mol. The highest BCUT2D eigenvalue weighted by Crippen LogP contribution is 2.20. The first kappa shape index (κ1) is 12.4. The molecule has 92 valence electrons. The Balaban J connectivity index is 2.43. The van der Waals surface area contributed by atoms with Gasteiger partial charge in [0.05, 0.1) is 7.11 Å². The fourth-order valence-corrected chi connectivity index (χ4v) is 1.70. The van der Waals surface area contributed by atoms with Crippen molar-refractivity contribution in [2.24, 2.45) is 0 Å². The topological polar surface area (TPSA) is 91.0 Å². The van der Waals surface area contributed by atoms with Crippen molar-refractivity contribution in [2.75, 3.05) is 12.8 Å². The van der Waals surface area contributed by atoms with Crippen molar-refractivity contribution in [1.82, 2.24) is 15.0 Å². The number of rotatable bonds is 2. The van der Waals surface area contributed by atoms with E-state index >= 15 is 0 Å². The van der Waals surface area contributed by atoms with E-state index in [4.69, 9.17) is 5.73 Å². The van der Waals surface area contributed by atoms with Crippen LogP contribution in [0.1, 0.15) is 10.4 Å². The van der Waals surface area contributed by atoms with Crippen molar-refractivity contribution in [1.29, 1.82) is 0 Å². The number of nitrogen functional groups attached to an aromatic ring is 1. The molecule has 0 saturated carbocycles. The Bertz CT molecular complexity index is 603. The predicted octanol–water partition coefficient (Wildman–Crippen LogP) is 1.67. The van der Waals surface area contributed by atoms with Gasteiger partial charge in [0.2, 0.25) is 0 Å². The van der Waals surface area contributed by atoms with Gasteiger partial charge in [-0.3, -0.25) is 4.98 Å². The van der Waals surface area contributed by atoms with E-state index < -0.39 is 5.97 Å². The third-order valence-corrected chi connectivity index (χ3v) is 2.62. The fraction of sp³-hybridized carbons (Fsp3) is 0.0909. The van der Waals surface area contributed by atoms with Gasteiger partial charge in [0.25, 0.3) is 0 Å². The Morgan fingerprint density at radius 3 is 2.78 bits per heavy atom. The summed E-state index contributed by atoms with van der Waals surface area (Å²) in [6, 6.07) is 1.81. The van der Waals surface area contributed by atoms with Gasteiger partial charge in [-0.25, -0.2) is 14.8 Å². The molecule has 0 bridgehead atoms. The first-order valence-corrected chi connectivity index (χ1v) is 5.73. The number of nitrogens with two attached hydrogens (primary N) is 1. The van der Waals surface area contributed by atoms with Gasteiger partial charge >= 0.3 is 5.97 Å². The molecule has 2 aromatic heterocycles. The number of anilines is 1. The van der Waals surface area contributed by atoms with Crippen molar-refractivity contribution < 1.29 is 9.53 Å². The number of halogens is 1. The van der Waals surface area contributed by atoms with Crippen molar-refractivity contribution in [3.8, 4) is 11.4 Å². The highest BCUT2D eigenvalue weighted by Gasteiger charge is 2.13. The molecule has 0 aliphatic carbocycles. The van der Waals surface area contributed by atoms with E-state index in [2.05, 4.69) is 35.6 Å². The molecule has 0 saturated heterocycles. The number of aromatic nitrogens is 3. The normalized spacial score (nSPS) is 10.1. The van der Waals surface area contributed by atoms with E-state index in [1.807, 2.05) is 0 Å². The highest BCUT2D eigenvalue weighted by molar-refractivity contribution is 9.10. The molecule has 0 spiro atoms. The minimum Gasteiger partial charge on any atom is -0.465 e. The number of methoxy groups -OCH3 is 1. The van der Waals surface area contributed by atoms with E-state index in [9.17, 15) is 4.79 Å². The predicted molar refractivity (Wildman–Crippen MR) is 68.7 cm³/mol. The molecule has 0 atom stereocenters. The summed E-state index contributed by atoms with van der Waals surface area (Å²) in [5.41, 5.74) is 6.53. The van der Waals surface area contributed by atoms with Crippen molar-refractivity contribution >= 4 is 27.7 Å². The van der Waals surface area contributed by atoms with Crippen LogP contribution in [0.15, 0.2) is 29.1 Å². The molecule has 2 heterocycles. The molecule has 0 radical (unpaired) electrons. The van der Waals surface area contributed by atoms with E-state index in [-0.39, 0.29) is 11.4 Å². The number of carbonyl (C=O) groups is 1. The SMILES string of the molecule is COC(=O)c1cnc(-c2cncc(Br)c2)nc1N. The first-order valence-electron chi connectivity index (χ1n) is 4.93. The average molecular weight is 309 g/mol. The third-order valence-electron chi connectivity index (χ3n) is 2.19. The lowest BCUT2D eigenvalue weighted by Crippen LogP contribution is -2.09. The summed E-state index contributed by atoms with van der Waals surface area (Å²) in [5, 5.41) is 0. The summed E-state index contributed by atoms with van der Waals surface area (Å²) in [7, 11) is 1.27. The minimum absolute atomic E-state index is 0.0758. The quantitative estimate of drug-likeness (QED) is 0.849. The molecular formula is C11H9BrN4O2. The van der Waals surface area contributed by atoms with Crippen molar-refractivity contribution in [3.63, 3.8) is 0 Å². The van der Waals surface area contributed by atoms with Gasteiger partial charge in [-0.2, -0.15) is 0 Å². The van der Waals surface area contributed by atoms with E-state index in [1.165, 1.54) is 13.3 Å². The molecule has 0 aromatic carbocycles. The number of hydrogen-bond acceptors (Lipinski definition) is 6. The zero-order valence-electron chi connectivity index (χ0n) is 9.42. The standard InChI is InChI=1S/C11H9BrN4O2/c1-18-11(17)8-5-15-10(16-9(8)13)6-2-7(12)4-14-3-6/h2-5H,1H3,(H2,13,15,16). The highest BCUT2D eigenvalue weighted by atomic mass is 79.9. The summed E-state index contributed by atoms with van der Waals surface area (Å²) in [6.45, 7) is 0. The number of hydrogen-bond donors (Lipinski definition) is 1. The molecule has 0 aliphatic heterocycles. The van der Waals surface area contributed by atoms with Crippen LogP contribution >= 0.6 is 15.9 Å². The average Bonchev–Trinajstić information content (AvgIpc) is 2.37. The molecule has 18 heavy (non-hydrogen) atoms. The Morgan fingerprint density at radius 1 is 1.39 bits per heavy atom. The summed E-state index contributed by atoms with van der Waals surface area (Å²) in [4.78, 5) is 23.5. The Labute approximate surface area is 111 Å². The van der Waals surface area contributed by atoms with Crippen LogP contribution in [0.5, 0.6) is 0 Å². The van der Waals surface area contributed by atoms with E-state index in [0.717, 1.165) is 4.47 Å². The molecular weight excluding hydrogens is 300 g/mol. The zero-order valence-corrected chi connectivity index (χ0v) is 11.0. The molecule has 7 heteroatoms. The van der Waals surface area contributed by atoms with Gasteiger partial charge < -0.3 is 10.5 Å². The third kappa shape index (κ3) is 2.45. The maximum Gasteiger partial charge on any atom is 0.343 e. The van der Waals surface area contributed by atoms with Crippen molar-refractivity contribution in [3.05, 3.63) is 34.7 Å². The maximum absolute atomic E-state index is 11.3. The first-order chi connectivity index (χ1) is 8.61. The largest absolute Gasteiger partial charge is 0.465 e. The molecule has 2 rings (SSSR count). The number of pyridine rings is 1. The summed E-state index contributed by atoms with van der Waals surface area (Å²) in [5.74, 6) is -0.0906. The van der Waals surface area contributed by atoms with Crippen LogP contribution < -0.4 is 5.73 Å². The van der Waals surface area contributed by atoms with Crippen LogP contribution in [-0.2, 0) is 4.74 Å². The zero-order chi connectivity index (χ0) is 13.1. The van der Waals surface area contributed by atoms with Gasteiger partial charge in [0, 0.05) is 28.6 Å². The van der Waals surface area contributed by atoms with Gasteiger partial charge in [0.15, 0.2) is 5.82 Å². The Hall–Kier alpha value is -2.02. The second-order valence-electron chi connectivity index (χ2n) is 3.38. The van der Waals surface area contributed by atoms with Crippen molar-refractivity contribution in [2.45, 2.75) is 0 Å². The lowest BCUT2D eigenvalue weighted by Gasteiger charge is -2.05. The number of ether oxygens (including phenoxy) is 1. The van der Waals surface area contributed by atoms with Gasteiger partial charge in [-0.05, 0) is 22.0 Å². The summed E-state index contributed by atoms with van der Waals surface area (Å²) in [6.07, 6.45) is 4.59. The van der Waals surface area contributed by atoms with Gasteiger partial charge in [-0.15, -0.1) is 0 Å². The molecule has 2 aromatic rings. The van der Waals surface area contributed by atoms with E-state index in [0.29, 0.717) is 11.4 Å². The van der Waals surface area contributed by atoms with Crippen LogP contribution in [-0.4, -0.2) is 28.0 Å². The van der Waals surface area contributed by atoms with Crippen LogP contribution in [0.3, 0.4) is 0 Å². The number of esters is 1. The second kappa shape index (κ2) is 5.09. The molecule has 0 unspecified atom stereocenters. The molecule has 0 amide bonds. The number of carbonyl (C=O) groups excluding carboxylic acids is 1. The van der Waals surface area contributed by atoms with E-state index in [1.54, 1.807) is 18.5 Å². The lowest BCUT2D eigenvalue weighted by molar-refractivity contribution is 0.0601.